The van der Waals surface area contributed by atoms with Gasteiger partial charge in [-0.2, -0.15) is 4.39 Å². The highest BCUT2D eigenvalue weighted by Gasteiger charge is 2.05. The summed E-state index contributed by atoms with van der Waals surface area (Å²) < 4.78 is 17.8. The predicted molar refractivity (Wildman–Crippen MR) is 62.1 cm³/mol. The monoisotopic (exact) mass is 233 g/mol. The molecule has 0 aliphatic carbocycles. The van der Waals surface area contributed by atoms with Crippen molar-refractivity contribution in [2.45, 2.75) is 6.61 Å². The average Bonchev–Trinajstić information content (AvgIpc) is 2.39. The van der Waals surface area contributed by atoms with Crippen LogP contribution in [0.5, 0.6) is 5.75 Å². The van der Waals surface area contributed by atoms with Gasteiger partial charge in [0.05, 0.1) is 13.7 Å². The van der Waals surface area contributed by atoms with Gasteiger partial charge in [0.1, 0.15) is 5.75 Å². The first-order valence-electron chi connectivity index (χ1n) is 5.14. The second kappa shape index (κ2) is 4.93. The van der Waals surface area contributed by atoms with Crippen LogP contribution in [0.25, 0.3) is 11.1 Å². The minimum absolute atomic E-state index is 0.106. The fraction of sp³-hybridized carbons (Fsp3) is 0.154. The number of aliphatic hydroxyl groups is 1. The maximum Gasteiger partial charge on any atom is 0.212 e. The summed E-state index contributed by atoms with van der Waals surface area (Å²) in [4.78, 5) is 3.59. The largest absolute Gasteiger partial charge is 0.496 e. The van der Waals surface area contributed by atoms with Crippen LogP contribution in [0.1, 0.15) is 5.56 Å². The van der Waals surface area contributed by atoms with E-state index in [1.54, 1.807) is 25.3 Å². The molecule has 0 atom stereocenters. The Bertz CT molecular complexity index is 511. The molecule has 2 aromatic rings. The van der Waals surface area contributed by atoms with Gasteiger partial charge in [-0.1, -0.05) is 6.07 Å². The molecule has 4 heteroatoms. The van der Waals surface area contributed by atoms with E-state index < -0.39 is 5.95 Å². The molecule has 1 N–H and O–H groups in total. The summed E-state index contributed by atoms with van der Waals surface area (Å²) in [7, 11) is 1.55. The SMILES string of the molecule is COc1ccc(-c2ccc(F)nc2)cc1CO. The summed E-state index contributed by atoms with van der Waals surface area (Å²) in [6.45, 7) is -0.106. The quantitative estimate of drug-likeness (QED) is 0.828. The first-order valence-corrected chi connectivity index (χ1v) is 5.14. The Hall–Kier alpha value is -1.94. The average molecular weight is 233 g/mol. The molecule has 2 rings (SSSR count). The summed E-state index contributed by atoms with van der Waals surface area (Å²) in [6.07, 6.45) is 1.46. The van der Waals surface area contributed by atoms with E-state index in [0.29, 0.717) is 11.3 Å². The van der Waals surface area contributed by atoms with Gasteiger partial charge in [-0.05, 0) is 29.8 Å². The Morgan fingerprint density at radius 1 is 1.24 bits per heavy atom. The summed E-state index contributed by atoms with van der Waals surface area (Å²) in [5.41, 5.74) is 2.35. The lowest BCUT2D eigenvalue weighted by molar-refractivity contribution is 0.274. The van der Waals surface area contributed by atoms with Crippen molar-refractivity contribution in [1.29, 1.82) is 0 Å². The number of hydrogen-bond donors (Lipinski definition) is 1. The van der Waals surface area contributed by atoms with Gasteiger partial charge in [0, 0.05) is 17.3 Å². The molecular weight excluding hydrogens is 221 g/mol. The van der Waals surface area contributed by atoms with E-state index in [1.165, 1.54) is 12.3 Å². The molecule has 17 heavy (non-hydrogen) atoms. The lowest BCUT2D eigenvalue weighted by Gasteiger charge is -2.08. The van der Waals surface area contributed by atoms with Gasteiger partial charge in [-0.3, -0.25) is 0 Å². The highest BCUT2D eigenvalue weighted by Crippen LogP contribution is 2.26. The number of rotatable bonds is 3. The first kappa shape index (κ1) is 11.5. The second-order valence-electron chi connectivity index (χ2n) is 3.55. The third-order valence-corrected chi connectivity index (χ3v) is 2.51. The maximum atomic E-state index is 12.7. The smallest absolute Gasteiger partial charge is 0.212 e. The van der Waals surface area contributed by atoms with E-state index in [9.17, 15) is 9.50 Å². The van der Waals surface area contributed by atoms with Crippen LogP contribution in [0.3, 0.4) is 0 Å². The summed E-state index contributed by atoms with van der Waals surface area (Å²) in [5, 5.41) is 9.21. The minimum Gasteiger partial charge on any atom is -0.496 e. The summed E-state index contributed by atoms with van der Waals surface area (Å²) in [5.74, 6) is 0.121. The number of methoxy groups -OCH3 is 1. The van der Waals surface area contributed by atoms with Crippen LogP contribution in [0.15, 0.2) is 36.5 Å². The van der Waals surface area contributed by atoms with Crippen molar-refractivity contribution >= 4 is 0 Å². The Labute approximate surface area is 98.5 Å². The van der Waals surface area contributed by atoms with Crippen molar-refractivity contribution in [3.05, 3.63) is 48.0 Å². The van der Waals surface area contributed by atoms with Gasteiger partial charge in [0.15, 0.2) is 0 Å². The Kier molecular flexibility index (Phi) is 3.35. The molecular formula is C13H12FNO2. The maximum absolute atomic E-state index is 12.7. The van der Waals surface area contributed by atoms with Crippen LogP contribution in [0, 0.1) is 5.95 Å². The van der Waals surface area contributed by atoms with Gasteiger partial charge in [-0.25, -0.2) is 4.98 Å². The molecule has 1 heterocycles. The van der Waals surface area contributed by atoms with E-state index in [4.69, 9.17) is 4.74 Å². The van der Waals surface area contributed by atoms with E-state index in [0.717, 1.165) is 11.1 Å². The van der Waals surface area contributed by atoms with E-state index in [1.807, 2.05) is 6.07 Å². The molecule has 88 valence electrons. The van der Waals surface area contributed by atoms with Crippen LogP contribution in [-0.2, 0) is 6.61 Å². The highest BCUT2D eigenvalue weighted by atomic mass is 19.1. The molecule has 0 aliphatic heterocycles. The van der Waals surface area contributed by atoms with Gasteiger partial charge >= 0.3 is 0 Å². The topological polar surface area (TPSA) is 42.4 Å². The molecule has 0 amide bonds. The molecule has 3 nitrogen and oxygen atoms in total. The van der Waals surface area contributed by atoms with Crippen LogP contribution < -0.4 is 4.74 Å². The van der Waals surface area contributed by atoms with Gasteiger partial charge < -0.3 is 9.84 Å². The number of benzene rings is 1. The normalized spacial score (nSPS) is 10.3. The zero-order valence-corrected chi connectivity index (χ0v) is 9.35. The lowest BCUT2D eigenvalue weighted by atomic mass is 10.0. The van der Waals surface area contributed by atoms with Crippen LogP contribution in [0.2, 0.25) is 0 Å². The van der Waals surface area contributed by atoms with E-state index in [-0.39, 0.29) is 6.61 Å². The molecule has 0 saturated carbocycles. The van der Waals surface area contributed by atoms with Crippen molar-refractivity contribution in [3.8, 4) is 16.9 Å². The summed E-state index contributed by atoms with van der Waals surface area (Å²) >= 11 is 0. The molecule has 0 saturated heterocycles. The fourth-order valence-corrected chi connectivity index (χ4v) is 1.63. The molecule has 0 spiro atoms. The number of halogens is 1. The van der Waals surface area contributed by atoms with Crippen molar-refractivity contribution in [2.75, 3.05) is 7.11 Å². The standard InChI is InChI=1S/C13H12FNO2/c1-17-12-4-2-9(6-11(12)8-16)10-3-5-13(14)15-7-10/h2-7,16H,8H2,1H3. The van der Waals surface area contributed by atoms with Crippen molar-refractivity contribution in [1.82, 2.24) is 4.98 Å². The zero-order chi connectivity index (χ0) is 12.3. The number of ether oxygens (including phenoxy) is 1. The number of aliphatic hydroxyl groups excluding tert-OH is 1. The molecule has 0 unspecified atom stereocenters. The van der Waals surface area contributed by atoms with Crippen molar-refractivity contribution in [2.24, 2.45) is 0 Å². The number of aromatic nitrogens is 1. The summed E-state index contributed by atoms with van der Waals surface area (Å²) in [6, 6.07) is 8.36. The molecule has 0 aliphatic rings. The zero-order valence-electron chi connectivity index (χ0n) is 9.35. The van der Waals surface area contributed by atoms with Gasteiger partial charge in [0.25, 0.3) is 0 Å². The Balaban J connectivity index is 2.42. The molecule has 1 aromatic carbocycles. The second-order valence-corrected chi connectivity index (χ2v) is 3.55. The molecule has 0 radical (unpaired) electrons. The molecule has 0 bridgehead atoms. The highest BCUT2D eigenvalue weighted by molar-refractivity contribution is 5.64. The Morgan fingerprint density at radius 2 is 2.00 bits per heavy atom. The van der Waals surface area contributed by atoms with Gasteiger partial charge in [-0.15, -0.1) is 0 Å². The van der Waals surface area contributed by atoms with Crippen molar-refractivity contribution < 1.29 is 14.2 Å². The number of pyridine rings is 1. The van der Waals surface area contributed by atoms with Crippen molar-refractivity contribution in [3.63, 3.8) is 0 Å². The molecule has 1 aromatic heterocycles. The van der Waals surface area contributed by atoms with Crippen LogP contribution in [0.4, 0.5) is 4.39 Å². The third-order valence-electron chi connectivity index (χ3n) is 2.51. The number of hydrogen-bond acceptors (Lipinski definition) is 3. The number of nitrogens with zero attached hydrogens (tertiary/aromatic N) is 1. The lowest BCUT2D eigenvalue weighted by Crippen LogP contribution is -1.93. The van der Waals surface area contributed by atoms with Gasteiger partial charge in [0.2, 0.25) is 5.95 Å². The third kappa shape index (κ3) is 2.42. The Morgan fingerprint density at radius 3 is 2.59 bits per heavy atom. The van der Waals surface area contributed by atoms with Crippen LogP contribution in [-0.4, -0.2) is 17.2 Å². The fourth-order valence-electron chi connectivity index (χ4n) is 1.63. The molecule has 0 fully saturated rings. The first-order chi connectivity index (χ1) is 8.24. The minimum atomic E-state index is -0.510. The van der Waals surface area contributed by atoms with Crippen LogP contribution >= 0.6 is 0 Å². The van der Waals surface area contributed by atoms with E-state index >= 15 is 0 Å². The van der Waals surface area contributed by atoms with E-state index in [2.05, 4.69) is 4.98 Å². The predicted octanol–water partition coefficient (Wildman–Crippen LogP) is 2.39.